The van der Waals surface area contributed by atoms with E-state index in [4.69, 9.17) is 5.73 Å². The predicted molar refractivity (Wildman–Crippen MR) is 82.5 cm³/mol. The fourth-order valence-corrected chi connectivity index (χ4v) is 2.70. The van der Waals surface area contributed by atoms with Crippen molar-refractivity contribution in [2.75, 3.05) is 11.1 Å². The van der Waals surface area contributed by atoms with Gasteiger partial charge in [-0.2, -0.15) is 0 Å². The number of benzene rings is 1. The molecule has 0 spiro atoms. The molecule has 3 N–H and O–H groups in total. The zero-order valence-electron chi connectivity index (χ0n) is 9.82. The minimum absolute atomic E-state index is 0.163. The number of rotatable bonds is 3. The standard InChI is InChI=1S/C13H13Br2N3/c1-8(9-2-4-11(16)5-3-9)18-13-12(15)6-10(14)7-17-13/h2-8H,16H2,1H3,(H,17,18). The van der Waals surface area contributed by atoms with Crippen molar-refractivity contribution in [1.29, 1.82) is 0 Å². The van der Waals surface area contributed by atoms with Gasteiger partial charge in [0.25, 0.3) is 0 Å². The van der Waals surface area contributed by atoms with E-state index in [2.05, 4.69) is 49.1 Å². The Hall–Kier alpha value is -1.07. The van der Waals surface area contributed by atoms with Gasteiger partial charge in [-0.15, -0.1) is 0 Å². The fraction of sp³-hybridized carbons (Fsp3) is 0.154. The van der Waals surface area contributed by atoms with Crippen molar-refractivity contribution < 1.29 is 0 Å². The molecule has 1 unspecified atom stereocenters. The van der Waals surface area contributed by atoms with Gasteiger partial charge in [0.15, 0.2) is 0 Å². The molecule has 0 amide bonds. The molecule has 1 atom stereocenters. The average Bonchev–Trinajstić information content (AvgIpc) is 2.33. The number of hydrogen-bond acceptors (Lipinski definition) is 3. The van der Waals surface area contributed by atoms with Crippen LogP contribution >= 0.6 is 31.9 Å². The summed E-state index contributed by atoms with van der Waals surface area (Å²) in [5, 5.41) is 3.35. The number of nitrogen functional groups attached to an aromatic ring is 1. The van der Waals surface area contributed by atoms with E-state index in [1.807, 2.05) is 30.3 Å². The van der Waals surface area contributed by atoms with Crippen molar-refractivity contribution in [3.05, 3.63) is 51.0 Å². The van der Waals surface area contributed by atoms with Gasteiger partial charge in [-0.05, 0) is 62.5 Å². The van der Waals surface area contributed by atoms with E-state index in [0.29, 0.717) is 0 Å². The van der Waals surface area contributed by atoms with E-state index in [9.17, 15) is 0 Å². The van der Waals surface area contributed by atoms with Crippen molar-refractivity contribution in [2.24, 2.45) is 0 Å². The van der Waals surface area contributed by atoms with Crippen LogP contribution in [0.25, 0.3) is 0 Å². The van der Waals surface area contributed by atoms with Crippen LogP contribution in [0.2, 0.25) is 0 Å². The molecule has 0 saturated heterocycles. The Morgan fingerprint density at radius 2 is 1.89 bits per heavy atom. The molecule has 0 radical (unpaired) electrons. The average molecular weight is 371 g/mol. The normalized spacial score (nSPS) is 12.2. The Morgan fingerprint density at radius 3 is 2.50 bits per heavy atom. The fourth-order valence-electron chi connectivity index (χ4n) is 1.59. The van der Waals surface area contributed by atoms with E-state index in [-0.39, 0.29) is 6.04 Å². The Bertz CT molecular complexity index is 540. The summed E-state index contributed by atoms with van der Waals surface area (Å²) in [6, 6.07) is 9.95. The first-order valence-corrected chi connectivity index (χ1v) is 7.08. The van der Waals surface area contributed by atoms with Crippen LogP contribution in [-0.4, -0.2) is 4.98 Å². The van der Waals surface area contributed by atoms with Crippen LogP contribution in [0.15, 0.2) is 45.5 Å². The molecule has 18 heavy (non-hydrogen) atoms. The molecule has 5 heteroatoms. The van der Waals surface area contributed by atoms with Crippen LogP contribution in [0.5, 0.6) is 0 Å². The molecular weight excluding hydrogens is 358 g/mol. The highest BCUT2D eigenvalue weighted by Crippen LogP contribution is 2.27. The molecule has 94 valence electrons. The monoisotopic (exact) mass is 369 g/mol. The number of nitrogens with one attached hydrogen (secondary N) is 1. The minimum Gasteiger partial charge on any atom is -0.399 e. The van der Waals surface area contributed by atoms with Gasteiger partial charge >= 0.3 is 0 Å². The summed E-state index contributed by atoms with van der Waals surface area (Å²) in [7, 11) is 0. The second-order valence-electron chi connectivity index (χ2n) is 4.02. The van der Waals surface area contributed by atoms with Crippen molar-refractivity contribution in [3.63, 3.8) is 0 Å². The highest BCUT2D eigenvalue weighted by Gasteiger charge is 2.08. The van der Waals surface area contributed by atoms with Crippen molar-refractivity contribution in [2.45, 2.75) is 13.0 Å². The van der Waals surface area contributed by atoms with Crippen molar-refractivity contribution in [3.8, 4) is 0 Å². The summed E-state index contributed by atoms with van der Waals surface area (Å²) >= 11 is 6.87. The van der Waals surface area contributed by atoms with E-state index in [1.165, 1.54) is 5.56 Å². The molecule has 0 aliphatic carbocycles. The van der Waals surface area contributed by atoms with Gasteiger partial charge in [-0.1, -0.05) is 12.1 Å². The summed E-state index contributed by atoms with van der Waals surface area (Å²) in [5.74, 6) is 0.822. The Kier molecular flexibility index (Phi) is 4.24. The number of aromatic nitrogens is 1. The third-order valence-corrected chi connectivity index (χ3v) is 3.64. The summed E-state index contributed by atoms with van der Waals surface area (Å²) in [6.45, 7) is 2.09. The van der Waals surface area contributed by atoms with Crippen LogP contribution in [0.4, 0.5) is 11.5 Å². The second-order valence-corrected chi connectivity index (χ2v) is 5.79. The molecule has 1 heterocycles. The molecular formula is C13H13Br2N3. The van der Waals surface area contributed by atoms with Crippen LogP contribution in [-0.2, 0) is 0 Å². The van der Waals surface area contributed by atoms with Gasteiger partial charge in [0.1, 0.15) is 5.82 Å². The molecule has 0 aliphatic rings. The van der Waals surface area contributed by atoms with Crippen LogP contribution in [0, 0.1) is 0 Å². The molecule has 2 rings (SSSR count). The minimum atomic E-state index is 0.163. The molecule has 0 bridgehead atoms. The largest absolute Gasteiger partial charge is 0.399 e. The summed E-state index contributed by atoms with van der Waals surface area (Å²) < 4.78 is 1.87. The van der Waals surface area contributed by atoms with Gasteiger partial charge < -0.3 is 11.1 Å². The number of nitrogens with zero attached hydrogens (tertiary/aromatic N) is 1. The highest BCUT2D eigenvalue weighted by molar-refractivity contribution is 9.11. The van der Waals surface area contributed by atoms with Crippen molar-refractivity contribution in [1.82, 2.24) is 4.98 Å². The maximum atomic E-state index is 5.67. The quantitative estimate of drug-likeness (QED) is 0.789. The lowest BCUT2D eigenvalue weighted by Crippen LogP contribution is -2.08. The van der Waals surface area contributed by atoms with Crippen LogP contribution in [0.3, 0.4) is 0 Å². The number of anilines is 2. The first kappa shape index (κ1) is 13.4. The van der Waals surface area contributed by atoms with E-state index < -0.39 is 0 Å². The topological polar surface area (TPSA) is 50.9 Å². The lowest BCUT2D eigenvalue weighted by Gasteiger charge is -2.16. The number of nitrogens with two attached hydrogens (primary N) is 1. The maximum Gasteiger partial charge on any atom is 0.140 e. The number of hydrogen-bond donors (Lipinski definition) is 2. The van der Waals surface area contributed by atoms with E-state index in [1.54, 1.807) is 6.20 Å². The Labute approximate surface area is 123 Å². The SMILES string of the molecule is CC(Nc1ncc(Br)cc1Br)c1ccc(N)cc1. The zero-order valence-corrected chi connectivity index (χ0v) is 13.0. The first-order valence-electron chi connectivity index (χ1n) is 5.49. The van der Waals surface area contributed by atoms with Gasteiger partial charge in [0, 0.05) is 22.4 Å². The molecule has 3 nitrogen and oxygen atoms in total. The lowest BCUT2D eigenvalue weighted by molar-refractivity contribution is 0.873. The maximum absolute atomic E-state index is 5.67. The number of pyridine rings is 1. The van der Waals surface area contributed by atoms with Gasteiger partial charge in [0.2, 0.25) is 0 Å². The molecule has 2 aromatic rings. The van der Waals surface area contributed by atoms with Crippen LogP contribution < -0.4 is 11.1 Å². The third-order valence-electron chi connectivity index (χ3n) is 2.60. The molecule has 1 aromatic carbocycles. The van der Waals surface area contributed by atoms with Gasteiger partial charge in [-0.25, -0.2) is 4.98 Å². The second kappa shape index (κ2) is 5.71. The summed E-state index contributed by atoms with van der Waals surface area (Å²) in [4.78, 5) is 4.33. The third kappa shape index (κ3) is 3.23. The molecule has 0 saturated carbocycles. The van der Waals surface area contributed by atoms with Gasteiger partial charge in [-0.3, -0.25) is 0 Å². The van der Waals surface area contributed by atoms with E-state index >= 15 is 0 Å². The van der Waals surface area contributed by atoms with Crippen LogP contribution in [0.1, 0.15) is 18.5 Å². The lowest BCUT2D eigenvalue weighted by atomic mass is 10.1. The zero-order chi connectivity index (χ0) is 13.1. The Balaban J connectivity index is 2.15. The first-order chi connectivity index (χ1) is 8.56. The predicted octanol–water partition coefficient (Wildman–Crippen LogP) is 4.36. The highest BCUT2D eigenvalue weighted by atomic mass is 79.9. The Morgan fingerprint density at radius 1 is 1.22 bits per heavy atom. The molecule has 0 aliphatic heterocycles. The smallest absolute Gasteiger partial charge is 0.140 e. The van der Waals surface area contributed by atoms with E-state index in [0.717, 1.165) is 20.5 Å². The number of halogens is 2. The van der Waals surface area contributed by atoms with Crippen molar-refractivity contribution >= 4 is 43.4 Å². The molecule has 0 fully saturated rings. The van der Waals surface area contributed by atoms with Gasteiger partial charge in [0.05, 0.1) is 4.47 Å². The summed E-state index contributed by atoms with van der Waals surface area (Å²) in [5.41, 5.74) is 7.61. The molecule has 1 aromatic heterocycles. The summed E-state index contributed by atoms with van der Waals surface area (Å²) in [6.07, 6.45) is 1.77.